The van der Waals surface area contributed by atoms with Crippen LogP contribution in [0.1, 0.15) is 5.56 Å². The van der Waals surface area contributed by atoms with Gasteiger partial charge in [-0.05, 0) is 17.7 Å². The molecule has 3 rings (SSSR count). The Balaban J connectivity index is 2.13. The third kappa shape index (κ3) is 3.08. The maximum atomic E-state index is 12.7. The number of aromatic nitrogens is 2. The highest BCUT2D eigenvalue weighted by Crippen LogP contribution is 2.30. The van der Waals surface area contributed by atoms with Crippen LogP contribution < -0.4 is 5.43 Å². The maximum absolute atomic E-state index is 12.7. The summed E-state index contributed by atoms with van der Waals surface area (Å²) in [4.78, 5) is 12.7. The van der Waals surface area contributed by atoms with Gasteiger partial charge in [-0.25, -0.2) is 0 Å². The molecule has 6 heteroatoms. The van der Waals surface area contributed by atoms with Gasteiger partial charge in [-0.1, -0.05) is 42.5 Å². The van der Waals surface area contributed by atoms with E-state index >= 15 is 0 Å². The highest BCUT2D eigenvalue weighted by Gasteiger charge is 2.30. The van der Waals surface area contributed by atoms with Crippen molar-refractivity contribution >= 4 is 0 Å². The summed E-state index contributed by atoms with van der Waals surface area (Å²) in [6.07, 6.45) is -2.89. The second-order valence-electron chi connectivity index (χ2n) is 5.34. The summed E-state index contributed by atoms with van der Waals surface area (Å²) in [5.41, 5.74) is 0.574. The molecule has 24 heavy (non-hydrogen) atoms. The van der Waals surface area contributed by atoms with Crippen LogP contribution >= 0.6 is 0 Å². The molecule has 0 unspecified atom stereocenters. The van der Waals surface area contributed by atoms with Gasteiger partial charge in [0.05, 0.1) is 5.56 Å². The predicted octanol–water partition coefficient (Wildman–Crippen LogP) is 4.13. The Morgan fingerprint density at radius 3 is 2.12 bits per heavy atom. The lowest BCUT2D eigenvalue weighted by atomic mass is 10.0. The summed E-state index contributed by atoms with van der Waals surface area (Å²) < 4.78 is 39.5. The molecule has 3 nitrogen and oxygen atoms in total. The average Bonchev–Trinajstić information content (AvgIpc) is 2.57. The van der Waals surface area contributed by atoms with Crippen LogP contribution in [0.3, 0.4) is 0 Å². The van der Waals surface area contributed by atoms with Crippen molar-refractivity contribution in [3.05, 3.63) is 76.6 Å². The molecule has 0 N–H and O–H groups in total. The highest BCUT2D eigenvalue weighted by molar-refractivity contribution is 5.69. The largest absolute Gasteiger partial charge is 0.416 e. The lowest BCUT2D eigenvalue weighted by Crippen LogP contribution is -2.15. The molecule has 3 aromatic rings. The fraction of sp³-hybridized carbons (Fsp3) is 0.111. The van der Waals surface area contributed by atoms with Gasteiger partial charge in [-0.3, -0.25) is 9.48 Å². The number of halogens is 3. The minimum absolute atomic E-state index is 0.260. The van der Waals surface area contributed by atoms with Gasteiger partial charge in [0, 0.05) is 24.4 Å². The Kier molecular flexibility index (Phi) is 3.97. The fourth-order valence-electron chi connectivity index (χ4n) is 2.43. The predicted molar refractivity (Wildman–Crippen MR) is 85.4 cm³/mol. The van der Waals surface area contributed by atoms with Crippen molar-refractivity contribution in [3.63, 3.8) is 0 Å². The first-order valence-corrected chi connectivity index (χ1v) is 7.17. The molecule has 1 heterocycles. The minimum Gasteiger partial charge on any atom is -0.287 e. The maximum Gasteiger partial charge on any atom is 0.416 e. The summed E-state index contributed by atoms with van der Waals surface area (Å²) in [5.74, 6) is 0. The molecule has 0 fully saturated rings. The van der Waals surface area contributed by atoms with E-state index in [0.717, 1.165) is 12.1 Å². The van der Waals surface area contributed by atoms with Crippen LogP contribution in [-0.2, 0) is 13.2 Å². The van der Waals surface area contributed by atoms with Crippen LogP contribution in [0.5, 0.6) is 0 Å². The van der Waals surface area contributed by atoms with Gasteiger partial charge < -0.3 is 0 Å². The molecule has 0 radical (unpaired) electrons. The van der Waals surface area contributed by atoms with Crippen molar-refractivity contribution in [2.24, 2.45) is 7.05 Å². The van der Waals surface area contributed by atoms with Crippen LogP contribution in [-0.4, -0.2) is 9.78 Å². The van der Waals surface area contributed by atoms with Gasteiger partial charge in [-0.2, -0.15) is 18.3 Å². The van der Waals surface area contributed by atoms with Crippen molar-refractivity contribution in [1.82, 2.24) is 9.78 Å². The van der Waals surface area contributed by atoms with Gasteiger partial charge in [0.2, 0.25) is 5.43 Å². The first-order chi connectivity index (χ1) is 11.4. The first-order valence-electron chi connectivity index (χ1n) is 7.17. The van der Waals surface area contributed by atoms with Crippen LogP contribution in [0.4, 0.5) is 13.2 Å². The van der Waals surface area contributed by atoms with Gasteiger partial charge in [0.15, 0.2) is 0 Å². The molecule has 0 spiro atoms. The van der Waals surface area contributed by atoms with E-state index < -0.39 is 11.7 Å². The molecule has 0 bridgehead atoms. The Labute approximate surface area is 136 Å². The molecule has 0 aliphatic rings. The molecule has 0 aliphatic heterocycles. The third-order valence-electron chi connectivity index (χ3n) is 3.60. The van der Waals surface area contributed by atoms with E-state index in [-0.39, 0.29) is 11.1 Å². The Bertz CT molecular complexity index is 914. The van der Waals surface area contributed by atoms with Crippen LogP contribution in [0.25, 0.3) is 22.4 Å². The van der Waals surface area contributed by atoms with E-state index in [1.807, 2.05) is 6.07 Å². The molecule has 0 aliphatic carbocycles. The van der Waals surface area contributed by atoms with Crippen LogP contribution in [0.15, 0.2) is 65.6 Å². The molecular formula is C18H13F3N2O. The van der Waals surface area contributed by atoms with Crippen LogP contribution in [0, 0.1) is 0 Å². The number of benzene rings is 2. The topological polar surface area (TPSA) is 34.9 Å². The molecule has 0 saturated heterocycles. The molecule has 0 amide bonds. The molecule has 0 atom stereocenters. The second kappa shape index (κ2) is 5.96. The molecule has 122 valence electrons. The summed E-state index contributed by atoms with van der Waals surface area (Å²) >= 11 is 0. The van der Waals surface area contributed by atoms with E-state index in [1.165, 1.54) is 23.0 Å². The molecule has 0 saturated carbocycles. The van der Waals surface area contributed by atoms with E-state index in [1.54, 1.807) is 31.3 Å². The minimum atomic E-state index is -4.41. The van der Waals surface area contributed by atoms with Gasteiger partial charge in [0.25, 0.3) is 0 Å². The quantitative estimate of drug-likeness (QED) is 0.708. The van der Waals surface area contributed by atoms with E-state index in [2.05, 4.69) is 5.10 Å². The van der Waals surface area contributed by atoms with Crippen molar-refractivity contribution < 1.29 is 13.2 Å². The summed E-state index contributed by atoms with van der Waals surface area (Å²) in [6, 6.07) is 13.5. The standard InChI is InChI=1S/C18H13F3N2O/c1-23-11-15(12-7-9-14(10-8-12)18(19,20)21)17(24)16(22-23)13-5-3-2-4-6-13/h2-11H,1H3. The van der Waals surface area contributed by atoms with Gasteiger partial charge >= 0.3 is 6.18 Å². The number of aryl methyl sites for hydroxylation is 1. The zero-order valence-electron chi connectivity index (χ0n) is 12.7. The Morgan fingerprint density at radius 1 is 0.917 bits per heavy atom. The molecular weight excluding hydrogens is 317 g/mol. The van der Waals surface area contributed by atoms with Crippen LogP contribution in [0.2, 0.25) is 0 Å². The second-order valence-corrected chi connectivity index (χ2v) is 5.34. The summed E-state index contributed by atoms with van der Waals surface area (Å²) in [5, 5.41) is 4.21. The normalized spacial score (nSPS) is 11.5. The Hall–Kier alpha value is -2.89. The number of hydrogen-bond acceptors (Lipinski definition) is 2. The zero-order chi connectivity index (χ0) is 17.3. The monoisotopic (exact) mass is 330 g/mol. The average molecular weight is 330 g/mol. The molecule has 1 aromatic heterocycles. The Morgan fingerprint density at radius 2 is 1.54 bits per heavy atom. The summed E-state index contributed by atoms with van der Waals surface area (Å²) in [7, 11) is 1.67. The zero-order valence-corrected chi connectivity index (χ0v) is 12.7. The first kappa shape index (κ1) is 16.0. The number of hydrogen-bond donors (Lipinski definition) is 0. The number of alkyl halides is 3. The smallest absolute Gasteiger partial charge is 0.287 e. The van der Waals surface area contributed by atoms with Crippen molar-refractivity contribution in [2.75, 3.05) is 0 Å². The van der Waals surface area contributed by atoms with Gasteiger partial charge in [0.1, 0.15) is 5.69 Å². The van der Waals surface area contributed by atoms with Crippen molar-refractivity contribution in [2.45, 2.75) is 6.18 Å². The number of nitrogens with zero attached hydrogens (tertiary/aromatic N) is 2. The lowest BCUT2D eigenvalue weighted by Gasteiger charge is -2.10. The third-order valence-corrected chi connectivity index (χ3v) is 3.60. The van der Waals surface area contributed by atoms with E-state index in [0.29, 0.717) is 16.7 Å². The van der Waals surface area contributed by atoms with Gasteiger partial charge in [-0.15, -0.1) is 0 Å². The van der Waals surface area contributed by atoms with Crippen molar-refractivity contribution in [1.29, 1.82) is 0 Å². The van der Waals surface area contributed by atoms with E-state index in [4.69, 9.17) is 0 Å². The number of rotatable bonds is 2. The fourth-order valence-corrected chi connectivity index (χ4v) is 2.43. The highest BCUT2D eigenvalue weighted by atomic mass is 19.4. The van der Waals surface area contributed by atoms with Crippen molar-refractivity contribution in [3.8, 4) is 22.4 Å². The van der Waals surface area contributed by atoms with E-state index in [9.17, 15) is 18.0 Å². The lowest BCUT2D eigenvalue weighted by molar-refractivity contribution is -0.137. The SMILES string of the molecule is Cn1cc(-c2ccc(C(F)(F)F)cc2)c(=O)c(-c2ccccc2)n1. The summed E-state index contributed by atoms with van der Waals surface area (Å²) in [6.45, 7) is 0. The molecule has 2 aromatic carbocycles.